The number of carbonyl (C=O) groups excluding carboxylic acids is 1. The SMILES string of the molecule is N#Cc1cncc(COc2cc(O[C@H]3CCc4c(-c5cccc(OCCCN6CC7(CC(O)C7)C6)c5Cl)cccc43)c(Cl)cc2CNC[C@H]2CCC(=O)N2)c1. The zero-order chi connectivity index (χ0) is 37.9. The third-order valence-electron chi connectivity index (χ3n) is 11.3. The summed E-state index contributed by atoms with van der Waals surface area (Å²) in [4.78, 5) is 18.3. The van der Waals surface area contributed by atoms with Gasteiger partial charge in [0.15, 0.2) is 0 Å². The van der Waals surface area contributed by atoms with Crippen LogP contribution in [0.3, 0.4) is 0 Å². The van der Waals surface area contributed by atoms with Crippen LogP contribution in [0.25, 0.3) is 11.1 Å². The lowest BCUT2D eigenvalue weighted by atomic mass is 9.62. The standard InChI is InChI=1S/C43H45Cl2N5O5/c44-36-15-29(22-48-23-30-8-11-41(52)49-30)39(54-24-28-14-27(19-46)20-47-21-28)16-40(36)55-37-10-9-33-32(4-1-5-34(33)37)35-6-2-7-38(42(35)45)53-13-3-12-50-25-43(26-50)17-31(51)18-43/h1-2,4-7,14-16,20-21,30-31,37,48,51H,3,8-13,17-18,22-26H2,(H,49,52)/t30-,37+/m1/s1. The Bertz CT molecular complexity index is 2090. The van der Waals surface area contributed by atoms with Crippen molar-refractivity contribution in [2.24, 2.45) is 5.41 Å². The molecule has 2 saturated heterocycles. The van der Waals surface area contributed by atoms with E-state index >= 15 is 0 Å². The molecule has 55 heavy (non-hydrogen) atoms. The lowest BCUT2D eigenvalue weighted by Crippen LogP contribution is -2.63. The Hall–Kier alpha value is -4.37. The summed E-state index contributed by atoms with van der Waals surface area (Å²) in [5.41, 5.74) is 6.73. The number of ether oxygens (including phenoxy) is 3. The Balaban J connectivity index is 0.948. The highest BCUT2D eigenvalue weighted by molar-refractivity contribution is 6.35. The van der Waals surface area contributed by atoms with Gasteiger partial charge in [-0.2, -0.15) is 5.26 Å². The first kappa shape index (κ1) is 37.5. The number of hydrogen-bond acceptors (Lipinski definition) is 9. The Morgan fingerprint density at radius 1 is 1.00 bits per heavy atom. The summed E-state index contributed by atoms with van der Waals surface area (Å²) in [7, 11) is 0. The number of benzene rings is 3. The zero-order valence-corrected chi connectivity index (χ0v) is 32.2. The van der Waals surface area contributed by atoms with E-state index in [2.05, 4.69) is 38.7 Å². The molecular weight excluding hydrogens is 737 g/mol. The largest absolute Gasteiger partial charge is 0.492 e. The highest BCUT2D eigenvalue weighted by Crippen LogP contribution is 2.48. The number of halogens is 2. The summed E-state index contributed by atoms with van der Waals surface area (Å²) < 4.78 is 19.2. The summed E-state index contributed by atoms with van der Waals surface area (Å²) in [5, 5.41) is 26.5. The number of likely N-dealkylation sites (tertiary alicyclic amines) is 1. The molecule has 286 valence electrons. The van der Waals surface area contributed by atoms with E-state index in [4.69, 9.17) is 37.4 Å². The fourth-order valence-electron chi connectivity index (χ4n) is 8.64. The van der Waals surface area contributed by atoms with Gasteiger partial charge in [0.1, 0.15) is 36.0 Å². The topological polar surface area (TPSA) is 129 Å². The molecule has 3 heterocycles. The number of fused-ring (bicyclic) bond motifs is 1. The summed E-state index contributed by atoms with van der Waals surface area (Å²) in [5.74, 6) is 1.88. The van der Waals surface area contributed by atoms with E-state index in [1.165, 1.54) is 11.8 Å². The van der Waals surface area contributed by atoms with E-state index in [1.54, 1.807) is 12.3 Å². The van der Waals surface area contributed by atoms with Gasteiger partial charge in [0, 0.05) is 85.8 Å². The maximum atomic E-state index is 11.7. The van der Waals surface area contributed by atoms with Crippen LogP contribution in [0.1, 0.15) is 72.4 Å². The molecule has 1 amide bonds. The van der Waals surface area contributed by atoms with Crippen LogP contribution in [0.2, 0.25) is 10.0 Å². The third kappa shape index (κ3) is 8.42. The lowest BCUT2D eigenvalue weighted by molar-refractivity contribution is -0.128. The zero-order valence-electron chi connectivity index (χ0n) is 30.7. The number of nitriles is 1. The van der Waals surface area contributed by atoms with Crippen LogP contribution >= 0.6 is 23.2 Å². The number of aromatic nitrogens is 1. The van der Waals surface area contributed by atoms with Gasteiger partial charge in [-0.1, -0.05) is 53.5 Å². The fraction of sp³-hybridized carbons (Fsp3) is 0.419. The van der Waals surface area contributed by atoms with Gasteiger partial charge in [-0.05, 0) is 73.4 Å². The smallest absolute Gasteiger partial charge is 0.220 e. The van der Waals surface area contributed by atoms with Crippen molar-refractivity contribution in [2.45, 2.75) is 76.3 Å². The molecule has 3 fully saturated rings. The van der Waals surface area contributed by atoms with Crippen LogP contribution in [0.15, 0.2) is 67.0 Å². The van der Waals surface area contributed by atoms with E-state index < -0.39 is 0 Å². The molecule has 4 aromatic rings. The second-order valence-electron chi connectivity index (χ2n) is 15.4. The average Bonchev–Trinajstić information content (AvgIpc) is 3.78. The first-order valence-corrected chi connectivity index (χ1v) is 19.9. The fourth-order valence-corrected chi connectivity index (χ4v) is 9.16. The number of aliphatic hydroxyl groups excluding tert-OH is 1. The molecule has 3 N–H and O–H groups in total. The number of nitrogens with one attached hydrogen (secondary N) is 2. The summed E-state index contributed by atoms with van der Waals surface area (Å²) in [6, 6.07) is 19.9. The molecule has 0 unspecified atom stereocenters. The minimum atomic E-state index is -0.228. The van der Waals surface area contributed by atoms with Crippen molar-refractivity contribution in [3.05, 3.63) is 105 Å². The van der Waals surface area contributed by atoms with Crippen LogP contribution in [0, 0.1) is 16.7 Å². The van der Waals surface area contributed by atoms with Crippen LogP contribution in [-0.4, -0.2) is 65.8 Å². The summed E-state index contributed by atoms with van der Waals surface area (Å²) >= 11 is 13.9. The van der Waals surface area contributed by atoms with Gasteiger partial charge in [0.25, 0.3) is 0 Å². The first-order chi connectivity index (χ1) is 26.8. The van der Waals surface area contributed by atoms with Gasteiger partial charge >= 0.3 is 0 Å². The number of nitrogens with zero attached hydrogens (tertiary/aromatic N) is 3. The van der Waals surface area contributed by atoms with Crippen molar-refractivity contribution in [1.82, 2.24) is 20.5 Å². The Labute approximate surface area is 331 Å². The molecule has 2 aliphatic carbocycles. The van der Waals surface area contributed by atoms with Gasteiger partial charge in [-0.3, -0.25) is 9.78 Å². The Morgan fingerprint density at radius 3 is 2.64 bits per heavy atom. The quantitative estimate of drug-likeness (QED) is 0.108. The van der Waals surface area contributed by atoms with Crippen LogP contribution in [-0.2, 0) is 24.4 Å². The minimum Gasteiger partial charge on any atom is -0.492 e. The van der Waals surface area contributed by atoms with Crippen LogP contribution in [0.4, 0.5) is 0 Å². The van der Waals surface area contributed by atoms with Gasteiger partial charge in [-0.15, -0.1) is 0 Å². The van der Waals surface area contributed by atoms with Crippen molar-refractivity contribution in [2.75, 3.05) is 32.8 Å². The summed E-state index contributed by atoms with van der Waals surface area (Å²) in [6.45, 7) is 5.03. The predicted molar refractivity (Wildman–Crippen MR) is 210 cm³/mol. The molecular formula is C43H45Cl2N5O5. The number of pyridine rings is 1. The van der Waals surface area contributed by atoms with E-state index in [-0.39, 0.29) is 30.8 Å². The van der Waals surface area contributed by atoms with Crippen LogP contribution in [0.5, 0.6) is 17.2 Å². The molecule has 10 nitrogen and oxygen atoms in total. The van der Waals surface area contributed by atoms with E-state index in [9.17, 15) is 15.2 Å². The Kier molecular flexibility index (Phi) is 11.2. The number of rotatable bonds is 15. The predicted octanol–water partition coefficient (Wildman–Crippen LogP) is 7.17. The normalized spacial score (nSPS) is 20.0. The van der Waals surface area contributed by atoms with Gasteiger partial charge in [-0.25, -0.2) is 0 Å². The molecule has 12 heteroatoms. The van der Waals surface area contributed by atoms with Crippen molar-refractivity contribution < 1.29 is 24.1 Å². The highest BCUT2D eigenvalue weighted by Gasteiger charge is 2.51. The molecule has 1 spiro atoms. The van der Waals surface area contributed by atoms with Crippen molar-refractivity contribution in [3.8, 4) is 34.4 Å². The Morgan fingerprint density at radius 2 is 1.84 bits per heavy atom. The van der Waals surface area contributed by atoms with Gasteiger partial charge in [0.05, 0.1) is 28.3 Å². The summed E-state index contributed by atoms with van der Waals surface area (Å²) in [6.07, 6.45) is 8.60. The maximum Gasteiger partial charge on any atom is 0.220 e. The van der Waals surface area contributed by atoms with Crippen LogP contribution < -0.4 is 24.8 Å². The van der Waals surface area contributed by atoms with E-state index in [1.807, 2.05) is 36.4 Å². The molecule has 4 aliphatic rings. The number of carbonyl (C=O) groups is 1. The number of aliphatic hydroxyl groups is 1. The average molecular weight is 783 g/mol. The van der Waals surface area contributed by atoms with Crippen molar-refractivity contribution in [1.29, 1.82) is 5.26 Å². The number of hydrogen-bond donors (Lipinski definition) is 3. The molecule has 3 aromatic carbocycles. The monoisotopic (exact) mass is 781 g/mol. The minimum absolute atomic E-state index is 0.0774. The van der Waals surface area contributed by atoms with Gasteiger partial charge in [0.2, 0.25) is 5.91 Å². The van der Waals surface area contributed by atoms with E-state index in [0.29, 0.717) is 64.4 Å². The molecule has 1 aromatic heterocycles. The lowest BCUT2D eigenvalue weighted by Gasteiger charge is -2.58. The number of amides is 1. The second kappa shape index (κ2) is 16.4. The first-order valence-electron chi connectivity index (χ1n) is 19.2. The second-order valence-corrected chi connectivity index (χ2v) is 16.2. The highest BCUT2D eigenvalue weighted by atomic mass is 35.5. The molecule has 0 bridgehead atoms. The van der Waals surface area contributed by atoms with Gasteiger partial charge < -0.3 is 34.9 Å². The molecule has 1 saturated carbocycles. The van der Waals surface area contributed by atoms with Crippen molar-refractivity contribution >= 4 is 29.1 Å². The molecule has 2 aliphatic heterocycles. The van der Waals surface area contributed by atoms with Crippen molar-refractivity contribution in [3.63, 3.8) is 0 Å². The third-order valence-corrected chi connectivity index (χ3v) is 12.0. The maximum absolute atomic E-state index is 11.7. The molecule has 2 atom stereocenters. The van der Waals surface area contributed by atoms with E-state index in [0.717, 1.165) is 86.0 Å². The molecule has 8 rings (SSSR count). The molecule has 0 radical (unpaired) electrons.